The molecule has 4 heteroatoms. The van der Waals surface area contributed by atoms with Crippen molar-refractivity contribution < 1.29 is 0 Å². The van der Waals surface area contributed by atoms with Crippen molar-refractivity contribution in [1.82, 2.24) is 0 Å². The molecule has 0 heterocycles. The highest BCUT2D eigenvalue weighted by Crippen LogP contribution is 2.26. The van der Waals surface area contributed by atoms with Gasteiger partial charge in [-0.3, -0.25) is 0 Å². The van der Waals surface area contributed by atoms with Crippen molar-refractivity contribution in [2.24, 2.45) is 5.73 Å². The van der Waals surface area contributed by atoms with Crippen molar-refractivity contribution in [3.63, 3.8) is 0 Å². The lowest BCUT2D eigenvalue weighted by molar-refractivity contribution is 1.38. The van der Waals surface area contributed by atoms with Gasteiger partial charge in [0.25, 0.3) is 0 Å². The first-order valence-corrected chi connectivity index (χ1v) is 5.05. The lowest BCUT2D eigenvalue weighted by atomic mass is 10.1. The summed E-state index contributed by atoms with van der Waals surface area (Å²) in [5.74, 6) is 0. The summed E-state index contributed by atoms with van der Waals surface area (Å²) < 4.78 is 0.789. The Morgan fingerprint density at radius 2 is 2.21 bits per heavy atom. The molecule has 1 rings (SSSR count). The van der Waals surface area contributed by atoms with Crippen molar-refractivity contribution in [3.8, 4) is 6.07 Å². The van der Waals surface area contributed by atoms with Gasteiger partial charge in [0.2, 0.25) is 0 Å². The van der Waals surface area contributed by atoms with Crippen LogP contribution in [0.15, 0.2) is 28.2 Å². The van der Waals surface area contributed by atoms with Crippen LogP contribution in [0.5, 0.6) is 0 Å². The van der Waals surface area contributed by atoms with Crippen LogP contribution in [-0.2, 0) is 0 Å². The van der Waals surface area contributed by atoms with Crippen molar-refractivity contribution in [2.75, 3.05) is 0 Å². The minimum absolute atomic E-state index is 0.469. The summed E-state index contributed by atoms with van der Waals surface area (Å²) in [6.45, 7) is 1.68. The second-order valence-electron chi connectivity index (χ2n) is 2.77. The van der Waals surface area contributed by atoms with Crippen LogP contribution in [0.1, 0.15) is 12.5 Å². The van der Waals surface area contributed by atoms with Crippen LogP contribution >= 0.6 is 27.5 Å². The van der Waals surface area contributed by atoms with Gasteiger partial charge in [-0.25, -0.2) is 0 Å². The molecule has 0 saturated carbocycles. The first-order chi connectivity index (χ1) is 6.56. The SMILES string of the molecule is C/C(C#N)=C(/N)c1ccc(Cl)cc1Br. The number of nitrogens with two attached hydrogens (primary N) is 1. The molecule has 0 atom stereocenters. The van der Waals surface area contributed by atoms with Gasteiger partial charge in [0.1, 0.15) is 0 Å². The Morgan fingerprint density at radius 1 is 1.57 bits per heavy atom. The van der Waals surface area contributed by atoms with Crippen molar-refractivity contribution in [3.05, 3.63) is 38.8 Å². The lowest BCUT2D eigenvalue weighted by Gasteiger charge is -2.05. The molecule has 1 aromatic rings. The van der Waals surface area contributed by atoms with Crippen LogP contribution < -0.4 is 5.73 Å². The molecule has 2 N–H and O–H groups in total. The Morgan fingerprint density at radius 3 is 2.71 bits per heavy atom. The Kier molecular flexibility index (Phi) is 3.56. The van der Waals surface area contributed by atoms with Gasteiger partial charge in [-0.05, 0) is 19.1 Å². The molecule has 0 fully saturated rings. The summed E-state index contributed by atoms with van der Waals surface area (Å²) in [7, 11) is 0. The first kappa shape index (κ1) is 11.1. The van der Waals surface area contributed by atoms with Gasteiger partial charge in [0.05, 0.1) is 11.8 Å². The maximum Gasteiger partial charge on any atom is 0.0965 e. The van der Waals surface area contributed by atoms with Gasteiger partial charge in [0.15, 0.2) is 0 Å². The summed E-state index contributed by atoms with van der Waals surface area (Å²) in [6.07, 6.45) is 0. The normalized spacial score (nSPS) is 11.9. The van der Waals surface area contributed by atoms with Gasteiger partial charge in [0, 0.05) is 20.6 Å². The number of allylic oxidation sites excluding steroid dienone is 1. The molecule has 0 aliphatic carbocycles. The van der Waals surface area contributed by atoms with E-state index in [1.54, 1.807) is 25.1 Å². The Bertz CT molecular complexity index is 432. The van der Waals surface area contributed by atoms with Gasteiger partial charge >= 0.3 is 0 Å². The van der Waals surface area contributed by atoms with Crippen LogP contribution in [0.2, 0.25) is 5.02 Å². The Hall–Kier alpha value is -0.980. The van der Waals surface area contributed by atoms with E-state index in [1.807, 2.05) is 6.07 Å². The molecule has 0 bridgehead atoms. The largest absolute Gasteiger partial charge is 0.397 e. The van der Waals surface area contributed by atoms with E-state index in [0.717, 1.165) is 10.0 Å². The third kappa shape index (κ3) is 2.28. The predicted octanol–water partition coefficient (Wildman–Crippen LogP) is 3.32. The van der Waals surface area contributed by atoms with E-state index in [2.05, 4.69) is 15.9 Å². The molecule has 0 saturated heterocycles. The van der Waals surface area contributed by atoms with Crippen molar-refractivity contribution >= 4 is 33.2 Å². The summed E-state index contributed by atoms with van der Waals surface area (Å²) in [6, 6.07) is 7.27. The number of hydrogen-bond acceptors (Lipinski definition) is 2. The highest BCUT2D eigenvalue weighted by atomic mass is 79.9. The van der Waals surface area contributed by atoms with Crippen LogP contribution in [0.25, 0.3) is 5.70 Å². The zero-order chi connectivity index (χ0) is 10.7. The number of rotatable bonds is 1. The van der Waals surface area contributed by atoms with E-state index in [4.69, 9.17) is 22.6 Å². The van der Waals surface area contributed by atoms with Gasteiger partial charge in [-0.1, -0.05) is 33.6 Å². The molecule has 0 aliphatic rings. The second kappa shape index (κ2) is 4.50. The smallest absolute Gasteiger partial charge is 0.0965 e. The van der Waals surface area contributed by atoms with Crippen LogP contribution in [0, 0.1) is 11.3 Å². The summed E-state index contributed by atoms with van der Waals surface area (Å²) >= 11 is 9.12. The molecular weight excluding hydrogens is 263 g/mol. The standard InChI is InChI=1S/C10H8BrClN2/c1-6(5-13)10(14)8-3-2-7(12)4-9(8)11/h2-4H,14H2,1H3/b10-6-. The fraction of sp³-hybridized carbons (Fsp3) is 0.100. The Labute approximate surface area is 96.1 Å². The zero-order valence-electron chi connectivity index (χ0n) is 7.51. The zero-order valence-corrected chi connectivity index (χ0v) is 9.85. The van der Waals surface area contributed by atoms with Crippen molar-refractivity contribution in [2.45, 2.75) is 6.92 Å². The lowest BCUT2D eigenvalue weighted by Crippen LogP contribution is -1.99. The molecule has 72 valence electrons. The topological polar surface area (TPSA) is 49.8 Å². The summed E-state index contributed by atoms with van der Waals surface area (Å²) in [5, 5.41) is 9.31. The van der Waals surface area contributed by atoms with Gasteiger partial charge < -0.3 is 5.73 Å². The molecule has 0 aromatic heterocycles. The van der Waals surface area contributed by atoms with E-state index in [1.165, 1.54) is 0 Å². The third-order valence-electron chi connectivity index (χ3n) is 1.79. The van der Waals surface area contributed by atoms with Gasteiger partial charge in [-0.15, -0.1) is 0 Å². The van der Waals surface area contributed by atoms with Crippen LogP contribution in [-0.4, -0.2) is 0 Å². The highest BCUT2D eigenvalue weighted by Gasteiger charge is 2.06. The number of nitriles is 1. The molecule has 0 unspecified atom stereocenters. The summed E-state index contributed by atoms with van der Waals surface area (Å²) in [4.78, 5) is 0. The molecule has 0 radical (unpaired) electrons. The average molecular weight is 272 g/mol. The van der Waals surface area contributed by atoms with E-state index in [-0.39, 0.29) is 0 Å². The monoisotopic (exact) mass is 270 g/mol. The fourth-order valence-corrected chi connectivity index (χ4v) is 1.87. The van der Waals surface area contributed by atoms with Crippen molar-refractivity contribution in [1.29, 1.82) is 5.26 Å². The molecule has 2 nitrogen and oxygen atoms in total. The van der Waals surface area contributed by atoms with E-state index in [0.29, 0.717) is 16.3 Å². The van der Waals surface area contributed by atoms with Crippen LogP contribution in [0.3, 0.4) is 0 Å². The molecule has 0 aliphatic heterocycles. The third-order valence-corrected chi connectivity index (χ3v) is 2.68. The highest BCUT2D eigenvalue weighted by molar-refractivity contribution is 9.10. The number of hydrogen-bond donors (Lipinski definition) is 1. The fourth-order valence-electron chi connectivity index (χ4n) is 0.970. The van der Waals surface area contributed by atoms with Crippen LogP contribution in [0.4, 0.5) is 0 Å². The number of halogens is 2. The Balaban J connectivity index is 3.29. The first-order valence-electron chi connectivity index (χ1n) is 3.88. The van der Waals surface area contributed by atoms with E-state index < -0.39 is 0 Å². The van der Waals surface area contributed by atoms with E-state index in [9.17, 15) is 0 Å². The van der Waals surface area contributed by atoms with E-state index >= 15 is 0 Å². The quantitative estimate of drug-likeness (QED) is 0.797. The maximum absolute atomic E-state index is 8.68. The molecular formula is C10H8BrClN2. The predicted molar refractivity (Wildman–Crippen MR) is 61.5 cm³/mol. The number of benzene rings is 1. The maximum atomic E-state index is 8.68. The molecule has 1 aromatic carbocycles. The molecule has 0 spiro atoms. The average Bonchev–Trinajstić information content (AvgIpc) is 2.15. The minimum atomic E-state index is 0.469. The van der Waals surface area contributed by atoms with Gasteiger partial charge in [-0.2, -0.15) is 5.26 Å². The second-order valence-corrected chi connectivity index (χ2v) is 4.07. The molecule has 14 heavy (non-hydrogen) atoms. The summed E-state index contributed by atoms with van der Waals surface area (Å²) in [5.41, 5.74) is 7.53. The molecule has 0 amide bonds. The number of nitrogens with zero attached hydrogens (tertiary/aromatic N) is 1. The minimum Gasteiger partial charge on any atom is -0.397 e.